The number of nitrogens with zero attached hydrogens (tertiary/aromatic N) is 2. The topological polar surface area (TPSA) is 35.6 Å². The van der Waals surface area contributed by atoms with Gasteiger partial charge in [0.05, 0.1) is 10.7 Å². The zero-order chi connectivity index (χ0) is 23.5. The Morgan fingerprint density at radius 2 is 1.72 bits per heavy atom. The van der Waals surface area contributed by atoms with Crippen molar-refractivity contribution in [3.63, 3.8) is 0 Å². The number of halogens is 4. The van der Waals surface area contributed by atoms with E-state index < -0.39 is 12.1 Å². The number of amides is 1. The van der Waals surface area contributed by atoms with Gasteiger partial charge in [0.2, 0.25) is 0 Å². The summed E-state index contributed by atoms with van der Waals surface area (Å²) in [4.78, 5) is 14.8. The van der Waals surface area contributed by atoms with Gasteiger partial charge in [0, 0.05) is 32.2 Å². The molecule has 1 aliphatic rings. The number of rotatable bonds is 6. The molecular weight excluding hydrogens is 439 g/mol. The van der Waals surface area contributed by atoms with Gasteiger partial charge in [-0.1, -0.05) is 41.9 Å². The molecule has 0 unspecified atom stereocenters. The molecule has 1 amide bonds. The molecule has 0 saturated carbocycles. The lowest BCUT2D eigenvalue weighted by molar-refractivity contribution is -0.185. The third-order valence-corrected chi connectivity index (χ3v) is 6.29. The first-order chi connectivity index (χ1) is 15.1. The molecule has 32 heavy (non-hydrogen) atoms. The first-order valence-corrected chi connectivity index (χ1v) is 11.1. The van der Waals surface area contributed by atoms with Crippen molar-refractivity contribution in [1.82, 2.24) is 9.80 Å². The smallest absolute Gasteiger partial charge is 0.380 e. The van der Waals surface area contributed by atoms with E-state index in [1.807, 2.05) is 6.07 Å². The Hall–Kier alpha value is -2.25. The largest absolute Gasteiger partial charge is 0.471 e. The normalized spacial score (nSPS) is 14.5. The molecule has 1 aliphatic heterocycles. The van der Waals surface area contributed by atoms with E-state index in [9.17, 15) is 18.0 Å². The maximum Gasteiger partial charge on any atom is 0.471 e. The van der Waals surface area contributed by atoms with Gasteiger partial charge in [0.25, 0.3) is 0 Å². The highest BCUT2D eigenvalue weighted by Gasteiger charge is 2.42. The van der Waals surface area contributed by atoms with Crippen LogP contribution >= 0.6 is 11.6 Å². The van der Waals surface area contributed by atoms with Gasteiger partial charge in [0.15, 0.2) is 0 Å². The third-order valence-electron chi connectivity index (χ3n) is 5.98. The lowest BCUT2D eigenvalue weighted by atomic mass is 10.0. The number of anilines is 1. The SMILES string of the molecule is CC(C)N(C)Cc1ccc(CNc2c(Cl)ccc3c2CCN(C(=O)C(F)(F)F)CC3)cc1. The summed E-state index contributed by atoms with van der Waals surface area (Å²) >= 11 is 6.44. The highest BCUT2D eigenvalue weighted by molar-refractivity contribution is 6.33. The molecule has 8 heteroatoms. The quantitative estimate of drug-likeness (QED) is 0.627. The van der Waals surface area contributed by atoms with Gasteiger partial charge in [-0.3, -0.25) is 9.69 Å². The number of hydrogen-bond donors (Lipinski definition) is 1. The summed E-state index contributed by atoms with van der Waals surface area (Å²) in [6.07, 6.45) is -4.17. The molecule has 2 aromatic carbocycles. The van der Waals surface area contributed by atoms with E-state index in [4.69, 9.17) is 11.6 Å². The maximum absolute atomic E-state index is 12.9. The summed E-state index contributed by atoms with van der Waals surface area (Å²) in [7, 11) is 2.09. The van der Waals surface area contributed by atoms with Crippen LogP contribution in [-0.4, -0.2) is 48.1 Å². The summed E-state index contributed by atoms with van der Waals surface area (Å²) in [5.74, 6) is -1.78. The fourth-order valence-corrected chi connectivity index (χ4v) is 4.04. The van der Waals surface area contributed by atoms with Crippen molar-refractivity contribution in [1.29, 1.82) is 0 Å². The molecule has 3 rings (SSSR count). The molecule has 4 nitrogen and oxygen atoms in total. The van der Waals surface area contributed by atoms with Crippen LogP contribution in [0.1, 0.15) is 36.1 Å². The second kappa shape index (κ2) is 10.1. The number of alkyl halides is 3. The minimum atomic E-state index is -4.86. The van der Waals surface area contributed by atoms with E-state index >= 15 is 0 Å². The summed E-state index contributed by atoms with van der Waals surface area (Å²) in [6, 6.07) is 12.4. The van der Waals surface area contributed by atoms with E-state index in [-0.39, 0.29) is 13.1 Å². The number of fused-ring (bicyclic) bond motifs is 1. The van der Waals surface area contributed by atoms with Crippen LogP contribution in [0.5, 0.6) is 0 Å². The summed E-state index contributed by atoms with van der Waals surface area (Å²) in [6.45, 7) is 5.78. The third kappa shape index (κ3) is 5.95. The number of carbonyl (C=O) groups excluding carboxylic acids is 1. The lowest BCUT2D eigenvalue weighted by Crippen LogP contribution is -2.42. The highest BCUT2D eigenvalue weighted by Crippen LogP contribution is 2.32. The van der Waals surface area contributed by atoms with E-state index in [0.29, 0.717) is 30.5 Å². The van der Waals surface area contributed by atoms with Crippen LogP contribution in [0.25, 0.3) is 0 Å². The van der Waals surface area contributed by atoms with Crippen molar-refractivity contribution >= 4 is 23.2 Å². The van der Waals surface area contributed by atoms with Gasteiger partial charge in [-0.15, -0.1) is 0 Å². The molecule has 174 valence electrons. The first-order valence-electron chi connectivity index (χ1n) is 10.7. The predicted octanol–water partition coefficient (Wildman–Crippen LogP) is 5.28. The van der Waals surface area contributed by atoms with Crippen molar-refractivity contribution in [2.45, 2.75) is 52.0 Å². The monoisotopic (exact) mass is 467 g/mol. The van der Waals surface area contributed by atoms with Gasteiger partial charge in [-0.05, 0) is 62.1 Å². The molecule has 0 spiro atoms. The maximum atomic E-state index is 12.9. The van der Waals surface area contributed by atoms with Crippen LogP contribution in [0.3, 0.4) is 0 Å². The standard InChI is InChI=1S/C24H29ClF3N3O/c1-16(2)30(3)15-18-6-4-17(5-7-18)14-29-22-20-11-13-31(23(32)24(26,27)28)12-10-19(20)8-9-21(22)25/h4-9,16,29H,10-15H2,1-3H3. The Bertz CT molecular complexity index is 945. The van der Waals surface area contributed by atoms with Crippen molar-refractivity contribution in [2.75, 3.05) is 25.5 Å². The predicted molar refractivity (Wildman–Crippen MR) is 122 cm³/mol. The Morgan fingerprint density at radius 3 is 2.34 bits per heavy atom. The van der Waals surface area contributed by atoms with Crippen LogP contribution in [-0.2, 0) is 30.7 Å². The van der Waals surface area contributed by atoms with Crippen molar-refractivity contribution in [2.24, 2.45) is 0 Å². The second-order valence-electron chi connectivity index (χ2n) is 8.53. The minimum absolute atomic E-state index is 0.0123. The van der Waals surface area contributed by atoms with Crippen molar-refractivity contribution in [3.05, 3.63) is 63.7 Å². The van der Waals surface area contributed by atoms with Crippen LogP contribution in [0, 0.1) is 0 Å². The fourth-order valence-electron chi connectivity index (χ4n) is 3.79. The number of hydrogen-bond acceptors (Lipinski definition) is 3. The van der Waals surface area contributed by atoms with Gasteiger partial charge in [-0.25, -0.2) is 0 Å². The summed E-state index contributed by atoms with van der Waals surface area (Å²) in [5.41, 5.74) is 4.84. The Morgan fingerprint density at radius 1 is 1.09 bits per heavy atom. The molecule has 0 radical (unpaired) electrons. The Balaban J connectivity index is 1.70. The highest BCUT2D eigenvalue weighted by atomic mass is 35.5. The number of nitrogens with one attached hydrogen (secondary N) is 1. The zero-order valence-corrected chi connectivity index (χ0v) is 19.4. The van der Waals surface area contributed by atoms with E-state index in [1.165, 1.54) is 5.56 Å². The molecule has 0 saturated heterocycles. The molecule has 0 atom stereocenters. The van der Waals surface area contributed by atoms with E-state index in [2.05, 4.69) is 55.4 Å². The molecule has 0 fully saturated rings. The molecule has 0 bridgehead atoms. The van der Waals surface area contributed by atoms with Crippen LogP contribution in [0.4, 0.5) is 18.9 Å². The van der Waals surface area contributed by atoms with Gasteiger partial charge >= 0.3 is 12.1 Å². The number of carbonyl (C=O) groups is 1. The molecule has 0 aliphatic carbocycles. The molecule has 2 aromatic rings. The summed E-state index contributed by atoms with van der Waals surface area (Å²) in [5, 5.41) is 3.89. The molecule has 0 aromatic heterocycles. The second-order valence-corrected chi connectivity index (χ2v) is 8.94. The number of benzene rings is 2. The van der Waals surface area contributed by atoms with Gasteiger partial charge in [0.1, 0.15) is 0 Å². The average molecular weight is 468 g/mol. The van der Waals surface area contributed by atoms with Crippen LogP contribution < -0.4 is 5.32 Å². The Labute approximate surface area is 192 Å². The van der Waals surface area contributed by atoms with Crippen LogP contribution in [0.15, 0.2) is 36.4 Å². The zero-order valence-electron chi connectivity index (χ0n) is 18.6. The first kappa shape index (κ1) is 24.4. The molecular formula is C24H29ClF3N3O. The molecule has 1 heterocycles. The van der Waals surface area contributed by atoms with E-state index in [1.54, 1.807) is 6.07 Å². The fraction of sp³-hybridized carbons (Fsp3) is 0.458. The lowest BCUT2D eigenvalue weighted by Gasteiger charge is -2.21. The summed E-state index contributed by atoms with van der Waals surface area (Å²) < 4.78 is 38.6. The minimum Gasteiger partial charge on any atom is -0.380 e. The van der Waals surface area contributed by atoms with Crippen molar-refractivity contribution in [3.8, 4) is 0 Å². The van der Waals surface area contributed by atoms with E-state index in [0.717, 1.165) is 33.8 Å². The van der Waals surface area contributed by atoms with Gasteiger partial charge in [-0.2, -0.15) is 13.2 Å². The van der Waals surface area contributed by atoms with Gasteiger partial charge < -0.3 is 10.2 Å². The Kier molecular flexibility index (Phi) is 7.72. The average Bonchev–Trinajstić information content (AvgIpc) is 2.95. The van der Waals surface area contributed by atoms with Crippen molar-refractivity contribution < 1.29 is 18.0 Å². The molecule has 1 N–H and O–H groups in total. The van der Waals surface area contributed by atoms with Crippen LogP contribution in [0.2, 0.25) is 5.02 Å².